The summed E-state index contributed by atoms with van der Waals surface area (Å²) in [6.45, 7) is -0.320. The van der Waals surface area contributed by atoms with Gasteiger partial charge in [0.1, 0.15) is 12.0 Å². The number of ether oxygens (including phenoxy) is 2. The van der Waals surface area contributed by atoms with Crippen molar-refractivity contribution < 1.29 is 19.1 Å². The van der Waals surface area contributed by atoms with Gasteiger partial charge < -0.3 is 9.47 Å². The Balaban J connectivity index is 1.69. The number of esters is 2. The van der Waals surface area contributed by atoms with Gasteiger partial charge in [0, 0.05) is 0 Å². The molecule has 2 rings (SSSR count). The van der Waals surface area contributed by atoms with Crippen LogP contribution in [0, 0.1) is 11.8 Å². The van der Waals surface area contributed by atoms with E-state index in [1.54, 1.807) is 0 Å². The summed E-state index contributed by atoms with van der Waals surface area (Å²) in [5.41, 5.74) is 0. The highest BCUT2D eigenvalue weighted by molar-refractivity contribution is 6.26. The molecule has 2 aliphatic carbocycles. The van der Waals surface area contributed by atoms with Crippen molar-refractivity contribution in [2.45, 2.75) is 31.8 Å². The van der Waals surface area contributed by atoms with E-state index >= 15 is 0 Å². The van der Waals surface area contributed by atoms with Gasteiger partial charge in [0.05, 0.1) is 0 Å². The lowest BCUT2D eigenvalue weighted by molar-refractivity contribution is -0.162. The molecule has 4 nitrogen and oxygen atoms in total. The van der Waals surface area contributed by atoms with E-state index in [0.717, 1.165) is 18.8 Å². The minimum absolute atomic E-state index is 0.0425. The second kappa shape index (κ2) is 5.04. The van der Waals surface area contributed by atoms with E-state index < -0.39 is 11.9 Å². The number of carbonyl (C=O) groups is 2. The van der Waals surface area contributed by atoms with E-state index in [-0.39, 0.29) is 18.6 Å². The van der Waals surface area contributed by atoms with Gasteiger partial charge in [-0.15, -0.1) is 11.6 Å². The molecular formula is C11H15ClO4. The van der Waals surface area contributed by atoms with E-state index in [0.29, 0.717) is 5.92 Å². The van der Waals surface area contributed by atoms with E-state index in [1.807, 2.05) is 0 Å². The molecule has 3 atom stereocenters. The van der Waals surface area contributed by atoms with Gasteiger partial charge >= 0.3 is 11.9 Å². The van der Waals surface area contributed by atoms with Gasteiger partial charge in [-0.3, -0.25) is 4.79 Å². The molecule has 0 aromatic carbocycles. The molecule has 2 unspecified atom stereocenters. The molecule has 0 spiro atoms. The molecule has 2 saturated carbocycles. The van der Waals surface area contributed by atoms with Gasteiger partial charge in [-0.05, 0) is 37.5 Å². The molecule has 0 radical (unpaired) electrons. The fourth-order valence-corrected chi connectivity index (χ4v) is 2.79. The fraction of sp³-hybridized carbons (Fsp3) is 0.818. The third kappa shape index (κ3) is 2.67. The molecule has 0 saturated heterocycles. The SMILES string of the molecule is O=C(CCl)OCC(=O)O[C@H]1CC2CCC1C2. The van der Waals surface area contributed by atoms with Crippen LogP contribution in [-0.4, -0.2) is 30.5 Å². The quantitative estimate of drug-likeness (QED) is 0.557. The maximum absolute atomic E-state index is 11.4. The third-order valence-electron chi connectivity index (χ3n) is 3.42. The standard InChI is InChI=1S/C11H15ClO4/c12-5-10(13)15-6-11(14)16-9-4-7-1-2-8(9)3-7/h7-9H,1-6H2/t7?,8?,9-/m0/s1. The van der Waals surface area contributed by atoms with Crippen molar-refractivity contribution in [3.8, 4) is 0 Å². The molecule has 0 aromatic rings. The molecule has 90 valence electrons. The number of hydrogen-bond acceptors (Lipinski definition) is 4. The lowest BCUT2D eigenvalue weighted by atomic mass is 9.98. The Kier molecular flexibility index (Phi) is 3.69. The lowest BCUT2D eigenvalue weighted by Crippen LogP contribution is -2.27. The minimum Gasteiger partial charge on any atom is -0.460 e. The zero-order valence-corrected chi connectivity index (χ0v) is 9.74. The first-order valence-electron chi connectivity index (χ1n) is 5.60. The molecule has 0 aromatic heterocycles. The first-order valence-corrected chi connectivity index (χ1v) is 6.13. The first-order chi connectivity index (χ1) is 7.69. The molecule has 2 aliphatic rings. The number of carbonyl (C=O) groups excluding carboxylic acids is 2. The van der Waals surface area contributed by atoms with Gasteiger partial charge in [-0.2, -0.15) is 0 Å². The molecule has 0 amide bonds. The number of fused-ring (bicyclic) bond motifs is 2. The highest BCUT2D eigenvalue weighted by Gasteiger charge is 2.41. The molecule has 0 N–H and O–H groups in total. The van der Waals surface area contributed by atoms with Crippen LogP contribution in [0.25, 0.3) is 0 Å². The van der Waals surface area contributed by atoms with Crippen molar-refractivity contribution in [3.63, 3.8) is 0 Å². The first kappa shape index (κ1) is 11.7. The average molecular weight is 247 g/mol. The van der Waals surface area contributed by atoms with Crippen molar-refractivity contribution in [3.05, 3.63) is 0 Å². The van der Waals surface area contributed by atoms with Crippen LogP contribution in [0.2, 0.25) is 0 Å². The second-order valence-corrected chi connectivity index (χ2v) is 4.76. The average Bonchev–Trinajstić information content (AvgIpc) is 2.87. The predicted molar refractivity (Wildman–Crippen MR) is 57.0 cm³/mol. The fourth-order valence-electron chi connectivity index (χ4n) is 2.71. The van der Waals surface area contributed by atoms with E-state index in [9.17, 15) is 9.59 Å². The molecule has 16 heavy (non-hydrogen) atoms. The molecular weight excluding hydrogens is 232 g/mol. The van der Waals surface area contributed by atoms with Crippen molar-refractivity contribution in [1.82, 2.24) is 0 Å². The van der Waals surface area contributed by atoms with Crippen LogP contribution in [0.4, 0.5) is 0 Å². The van der Waals surface area contributed by atoms with E-state index in [2.05, 4.69) is 4.74 Å². The Hall–Kier alpha value is -0.770. The number of alkyl halides is 1. The zero-order valence-electron chi connectivity index (χ0n) is 8.99. The van der Waals surface area contributed by atoms with Crippen molar-refractivity contribution in [2.24, 2.45) is 11.8 Å². The summed E-state index contributed by atoms with van der Waals surface area (Å²) < 4.78 is 9.88. The summed E-state index contributed by atoms with van der Waals surface area (Å²) in [5, 5.41) is 0. The van der Waals surface area contributed by atoms with Crippen LogP contribution in [0.5, 0.6) is 0 Å². The Morgan fingerprint density at radius 1 is 1.19 bits per heavy atom. The summed E-state index contributed by atoms with van der Waals surface area (Å²) >= 11 is 5.23. The summed E-state index contributed by atoms with van der Waals surface area (Å²) in [6, 6.07) is 0. The maximum Gasteiger partial charge on any atom is 0.344 e. The van der Waals surface area contributed by atoms with Crippen LogP contribution in [0.1, 0.15) is 25.7 Å². The Morgan fingerprint density at radius 3 is 2.56 bits per heavy atom. The number of hydrogen-bond donors (Lipinski definition) is 0. The smallest absolute Gasteiger partial charge is 0.344 e. The highest BCUT2D eigenvalue weighted by Crippen LogP contribution is 2.45. The Morgan fingerprint density at radius 2 is 2.00 bits per heavy atom. The summed E-state index contributed by atoms with van der Waals surface area (Å²) in [4.78, 5) is 22.1. The number of rotatable bonds is 4. The van der Waals surface area contributed by atoms with Crippen molar-refractivity contribution >= 4 is 23.5 Å². The van der Waals surface area contributed by atoms with E-state index in [1.165, 1.54) is 12.8 Å². The summed E-state index contributed by atoms with van der Waals surface area (Å²) in [5.74, 6) is -0.0324. The molecule has 0 aliphatic heterocycles. The zero-order chi connectivity index (χ0) is 11.5. The Bertz CT molecular complexity index is 292. The maximum atomic E-state index is 11.4. The molecule has 2 fully saturated rings. The third-order valence-corrected chi connectivity index (χ3v) is 3.63. The van der Waals surface area contributed by atoms with E-state index in [4.69, 9.17) is 16.3 Å². The van der Waals surface area contributed by atoms with Crippen LogP contribution in [-0.2, 0) is 19.1 Å². The van der Waals surface area contributed by atoms with Crippen LogP contribution in [0.15, 0.2) is 0 Å². The van der Waals surface area contributed by atoms with Gasteiger partial charge in [-0.1, -0.05) is 0 Å². The largest absolute Gasteiger partial charge is 0.460 e. The summed E-state index contributed by atoms with van der Waals surface area (Å²) in [7, 11) is 0. The molecule has 0 heterocycles. The van der Waals surface area contributed by atoms with Gasteiger partial charge in [0.15, 0.2) is 6.61 Å². The van der Waals surface area contributed by atoms with Crippen LogP contribution < -0.4 is 0 Å². The van der Waals surface area contributed by atoms with Crippen molar-refractivity contribution in [2.75, 3.05) is 12.5 Å². The van der Waals surface area contributed by atoms with Gasteiger partial charge in [0.2, 0.25) is 0 Å². The normalized spacial score (nSPS) is 31.4. The highest BCUT2D eigenvalue weighted by atomic mass is 35.5. The lowest BCUT2D eigenvalue weighted by Gasteiger charge is -2.21. The number of halogens is 1. The summed E-state index contributed by atoms with van der Waals surface area (Å²) in [6.07, 6.45) is 4.62. The van der Waals surface area contributed by atoms with Crippen LogP contribution >= 0.6 is 11.6 Å². The predicted octanol–water partition coefficient (Wildman–Crippen LogP) is 1.50. The second-order valence-electron chi connectivity index (χ2n) is 4.50. The monoisotopic (exact) mass is 246 g/mol. The van der Waals surface area contributed by atoms with Gasteiger partial charge in [-0.25, -0.2) is 4.79 Å². The topological polar surface area (TPSA) is 52.6 Å². The van der Waals surface area contributed by atoms with Gasteiger partial charge in [0.25, 0.3) is 0 Å². The van der Waals surface area contributed by atoms with Crippen molar-refractivity contribution in [1.29, 1.82) is 0 Å². The van der Waals surface area contributed by atoms with Crippen LogP contribution in [0.3, 0.4) is 0 Å². The Labute approximate surface area is 99.2 Å². The minimum atomic E-state index is -0.591. The molecule has 2 bridgehead atoms. The molecule has 5 heteroatoms.